The van der Waals surface area contributed by atoms with Crippen molar-refractivity contribution in [2.24, 2.45) is 0 Å². The van der Waals surface area contributed by atoms with Crippen molar-refractivity contribution in [2.45, 2.75) is 31.2 Å². The summed E-state index contributed by atoms with van der Waals surface area (Å²) in [7, 11) is -2.36. The molecule has 1 saturated heterocycles. The monoisotopic (exact) mass is 411 g/mol. The van der Waals surface area contributed by atoms with E-state index in [0.29, 0.717) is 24.8 Å². The van der Waals surface area contributed by atoms with Crippen LogP contribution in [-0.4, -0.2) is 45.7 Å². The summed E-state index contributed by atoms with van der Waals surface area (Å²) in [5.41, 5.74) is 0.954. The molecule has 1 aromatic heterocycles. The number of aryl methyl sites for hydroxylation is 2. The number of benzene rings is 1. The molecule has 1 atom stereocenters. The second-order valence-electron chi connectivity index (χ2n) is 6.16. The lowest BCUT2D eigenvalue weighted by atomic mass is 10.2. The Hall–Kier alpha value is -2.01. The smallest absolute Gasteiger partial charge is 0.261 e. The summed E-state index contributed by atoms with van der Waals surface area (Å²) in [6, 6.07) is 3.91. The minimum Gasteiger partial charge on any atom is -0.496 e. The van der Waals surface area contributed by atoms with Gasteiger partial charge in [0.15, 0.2) is 5.13 Å². The molecule has 2 N–H and O–H groups in total. The molecule has 27 heavy (non-hydrogen) atoms. The average Bonchev–Trinajstić information content (AvgIpc) is 3.23. The number of thiazole rings is 1. The van der Waals surface area contributed by atoms with Gasteiger partial charge < -0.3 is 9.47 Å². The molecule has 0 bridgehead atoms. The molecular formula is C17H21N3O5S2. The van der Waals surface area contributed by atoms with Crippen molar-refractivity contribution < 1.29 is 22.7 Å². The number of amides is 1. The maximum absolute atomic E-state index is 12.7. The number of nitrogens with one attached hydrogen (secondary N) is 2. The standard InChI is InChI=1S/C17H21N3O5S2/c1-10-11(2)26-17(18-10)19-16(21)14-8-13(4-5-15(14)24-3)27(22,23)20-12-6-7-25-9-12/h4-5,8,12,20H,6-7,9H2,1-3H3,(H,18,19,21)/t12-/m0/s1. The third kappa shape index (κ3) is 4.46. The van der Waals surface area contributed by atoms with Crippen LogP contribution < -0.4 is 14.8 Å². The summed E-state index contributed by atoms with van der Waals surface area (Å²) in [5, 5.41) is 3.15. The van der Waals surface area contributed by atoms with Crippen molar-refractivity contribution in [1.82, 2.24) is 9.71 Å². The van der Waals surface area contributed by atoms with Gasteiger partial charge in [0.2, 0.25) is 10.0 Å². The third-order valence-corrected chi connectivity index (χ3v) is 6.73. The van der Waals surface area contributed by atoms with E-state index in [-0.39, 0.29) is 22.3 Å². The van der Waals surface area contributed by atoms with Gasteiger partial charge in [0.25, 0.3) is 5.91 Å². The predicted molar refractivity (Wildman–Crippen MR) is 102 cm³/mol. The van der Waals surface area contributed by atoms with Crippen LogP contribution in [0.25, 0.3) is 0 Å². The quantitative estimate of drug-likeness (QED) is 0.754. The highest BCUT2D eigenvalue weighted by atomic mass is 32.2. The van der Waals surface area contributed by atoms with Crippen molar-refractivity contribution in [3.05, 3.63) is 34.3 Å². The van der Waals surface area contributed by atoms with Crippen LogP contribution in [0.15, 0.2) is 23.1 Å². The first-order chi connectivity index (χ1) is 12.8. The van der Waals surface area contributed by atoms with Crippen LogP contribution in [0.2, 0.25) is 0 Å². The second kappa shape index (κ2) is 7.93. The maximum atomic E-state index is 12.7. The van der Waals surface area contributed by atoms with E-state index >= 15 is 0 Å². The van der Waals surface area contributed by atoms with Crippen LogP contribution in [0.3, 0.4) is 0 Å². The Labute approximate surface area is 162 Å². The molecule has 2 aromatic rings. The van der Waals surface area contributed by atoms with Gasteiger partial charge in [0, 0.05) is 17.5 Å². The van der Waals surface area contributed by atoms with E-state index in [1.54, 1.807) is 0 Å². The topological polar surface area (TPSA) is 107 Å². The fourth-order valence-electron chi connectivity index (χ4n) is 2.64. The molecular weight excluding hydrogens is 390 g/mol. The normalized spacial score (nSPS) is 17.1. The van der Waals surface area contributed by atoms with Gasteiger partial charge in [-0.2, -0.15) is 0 Å². The fourth-order valence-corrected chi connectivity index (χ4v) is 4.73. The molecule has 0 spiro atoms. The van der Waals surface area contributed by atoms with Crippen molar-refractivity contribution >= 4 is 32.4 Å². The van der Waals surface area contributed by atoms with Gasteiger partial charge in [0.05, 0.1) is 29.9 Å². The first kappa shape index (κ1) is 19.7. The zero-order chi connectivity index (χ0) is 19.6. The molecule has 0 unspecified atom stereocenters. The van der Waals surface area contributed by atoms with Gasteiger partial charge in [-0.1, -0.05) is 0 Å². The number of ether oxygens (including phenoxy) is 2. The van der Waals surface area contributed by atoms with Gasteiger partial charge in [-0.05, 0) is 38.5 Å². The van der Waals surface area contributed by atoms with Crippen molar-refractivity contribution in [1.29, 1.82) is 0 Å². The van der Waals surface area contributed by atoms with E-state index in [2.05, 4.69) is 15.0 Å². The summed E-state index contributed by atoms with van der Waals surface area (Å²) in [6.07, 6.45) is 0.617. The first-order valence-electron chi connectivity index (χ1n) is 8.33. The minimum absolute atomic E-state index is 0.00755. The zero-order valence-corrected chi connectivity index (χ0v) is 16.9. The Morgan fingerprint density at radius 1 is 1.37 bits per heavy atom. The minimum atomic E-state index is -3.78. The van der Waals surface area contributed by atoms with Gasteiger partial charge in [-0.3, -0.25) is 10.1 Å². The summed E-state index contributed by atoms with van der Waals surface area (Å²) in [5.74, 6) is -0.206. The predicted octanol–water partition coefficient (Wildman–Crippen LogP) is 2.09. The Kier molecular flexibility index (Phi) is 5.80. The number of anilines is 1. The van der Waals surface area contributed by atoms with Crippen molar-refractivity contribution in [3.8, 4) is 5.75 Å². The number of hydrogen-bond acceptors (Lipinski definition) is 7. The highest BCUT2D eigenvalue weighted by Gasteiger charge is 2.25. The van der Waals surface area contributed by atoms with Crippen LogP contribution in [0.1, 0.15) is 27.3 Å². The van der Waals surface area contributed by atoms with Crippen LogP contribution in [0.4, 0.5) is 5.13 Å². The largest absolute Gasteiger partial charge is 0.496 e. The van der Waals surface area contributed by atoms with E-state index < -0.39 is 15.9 Å². The van der Waals surface area contributed by atoms with Gasteiger partial charge in [-0.15, -0.1) is 11.3 Å². The molecule has 1 aliphatic rings. The molecule has 0 aliphatic carbocycles. The van der Waals surface area contributed by atoms with Gasteiger partial charge in [-0.25, -0.2) is 18.1 Å². The number of rotatable bonds is 6. The number of carbonyl (C=O) groups is 1. The molecule has 10 heteroatoms. The number of nitrogens with zero attached hydrogens (tertiary/aromatic N) is 1. The first-order valence-corrected chi connectivity index (χ1v) is 10.6. The second-order valence-corrected chi connectivity index (χ2v) is 9.08. The van der Waals surface area contributed by atoms with E-state index in [4.69, 9.17) is 9.47 Å². The molecule has 1 amide bonds. The SMILES string of the molecule is COc1ccc(S(=O)(=O)N[C@H]2CCOC2)cc1C(=O)Nc1nc(C)c(C)s1. The Morgan fingerprint density at radius 3 is 2.74 bits per heavy atom. The number of methoxy groups -OCH3 is 1. The number of carbonyl (C=O) groups excluding carboxylic acids is 1. The van der Waals surface area contributed by atoms with Crippen LogP contribution in [0.5, 0.6) is 5.75 Å². The summed E-state index contributed by atoms with van der Waals surface area (Å²) >= 11 is 1.35. The van der Waals surface area contributed by atoms with Crippen LogP contribution >= 0.6 is 11.3 Å². The molecule has 146 valence electrons. The molecule has 0 radical (unpaired) electrons. The fraction of sp³-hybridized carbons (Fsp3) is 0.412. The molecule has 1 fully saturated rings. The Bertz CT molecular complexity index is 930. The molecule has 8 nitrogen and oxygen atoms in total. The molecule has 1 aromatic carbocycles. The van der Waals surface area contributed by atoms with Crippen molar-refractivity contribution in [3.63, 3.8) is 0 Å². The highest BCUT2D eigenvalue weighted by Crippen LogP contribution is 2.26. The summed E-state index contributed by atoms with van der Waals surface area (Å²) < 4.78 is 38.3. The summed E-state index contributed by atoms with van der Waals surface area (Å²) in [6.45, 7) is 4.63. The third-order valence-electron chi connectivity index (χ3n) is 4.23. The van der Waals surface area contributed by atoms with Gasteiger partial charge >= 0.3 is 0 Å². The molecule has 0 saturated carbocycles. The molecule has 3 rings (SSSR count). The Morgan fingerprint density at radius 2 is 2.15 bits per heavy atom. The number of aromatic nitrogens is 1. The van der Waals surface area contributed by atoms with E-state index in [1.807, 2.05) is 13.8 Å². The summed E-state index contributed by atoms with van der Waals surface area (Å²) in [4.78, 5) is 17.9. The lowest BCUT2D eigenvalue weighted by Crippen LogP contribution is -2.35. The van der Waals surface area contributed by atoms with E-state index in [1.165, 1.54) is 36.6 Å². The maximum Gasteiger partial charge on any atom is 0.261 e. The van der Waals surface area contributed by atoms with Crippen LogP contribution in [-0.2, 0) is 14.8 Å². The van der Waals surface area contributed by atoms with E-state index in [0.717, 1.165) is 10.6 Å². The Balaban J connectivity index is 1.87. The number of hydrogen-bond donors (Lipinski definition) is 2. The van der Waals surface area contributed by atoms with Crippen LogP contribution in [0, 0.1) is 13.8 Å². The molecule has 1 aliphatic heterocycles. The number of sulfonamides is 1. The van der Waals surface area contributed by atoms with Gasteiger partial charge in [0.1, 0.15) is 5.75 Å². The lowest BCUT2D eigenvalue weighted by molar-refractivity contribution is 0.102. The van der Waals surface area contributed by atoms with E-state index in [9.17, 15) is 13.2 Å². The van der Waals surface area contributed by atoms with Crippen molar-refractivity contribution in [2.75, 3.05) is 25.6 Å². The average molecular weight is 412 g/mol. The molecule has 2 heterocycles. The highest BCUT2D eigenvalue weighted by molar-refractivity contribution is 7.89. The zero-order valence-electron chi connectivity index (χ0n) is 15.2. The lowest BCUT2D eigenvalue weighted by Gasteiger charge is -2.14.